The number of benzene rings is 2. The third kappa shape index (κ3) is 7.56. The monoisotopic (exact) mass is 414 g/mol. The summed E-state index contributed by atoms with van der Waals surface area (Å²) in [6.07, 6.45) is -1.82. The van der Waals surface area contributed by atoms with E-state index in [2.05, 4.69) is 10.8 Å². The number of rotatable bonds is 10. The van der Waals surface area contributed by atoms with Gasteiger partial charge in [-0.15, -0.1) is 0 Å². The van der Waals surface area contributed by atoms with Crippen molar-refractivity contribution in [3.8, 4) is 0 Å². The highest BCUT2D eigenvalue weighted by molar-refractivity contribution is 5.86. The van der Waals surface area contributed by atoms with Crippen molar-refractivity contribution in [1.82, 2.24) is 10.8 Å². The van der Waals surface area contributed by atoms with Crippen molar-refractivity contribution in [3.05, 3.63) is 71.8 Å². The van der Waals surface area contributed by atoms with Gasteiger partial charge in [0.05, 0.1) is 0 Å². The minimum Gasteiger partial charge on any atom is -0.480 e. The number of amides is 2. The number of hydroxylamine groups is 1. The fourth-order valence-corrected chi connectivity index (χ4v) is 2.66. The molecule has 8 nitrogen and oxygen atoms in total. The first-order valence-corrected chi connectivity index (χ1v) is 9.56. The standard InChI is InChI=1S/C22H26N2O6/c1-15(2)19(30-24-22(28)29-14-17-11-7-4-8-12-17)20(25)23-18(21(26)27)13-16-9-5-3-6-10-16/h3-12,15,18-19H,13-14H2,1-2H3,(H,23,25)(H,24,28)(H,26,27)/t18-,19-/m0/s1. The predicted octanol–water partition coefficient (Wildman–Crippen LogP) is 2.68. The Labute approximate surface area is 175 Å². The van der Waals surface area contributed by atoms with E-state index in [0.29, 0.717) is 0 Å². The lowest BCUT2D eigenvalue weighted by atomic mass is 10.0. The zero-order chi connectivity index (χ0) is 21.9. The number of aliphatic carboxylic acids is 1. The molecule has 0 radical (unpaired) electrons. The summed E-state index contributed by atoms with van der Waals surface area (Å²) >= 11 is 0. The molecule has 0 aliphatic heterocycles. The van der Waals surface area contributed by atoms with E-state index >= 15 is 0 Å². The van der Waals surface area contributed by atoms with Gasteiger partial charge in [0, 0.05) is 6.42 Å². The molecule has 160 valence electrons. The molecule has 0 fully saturated rings. The van der Waals surface area contributed by atoms with Gasteiger partial charge in [-0.1, -0.05) is 74.5 Å². The Morgan fingerprint density at radius 2 is 1.50 bits per heavy atom. The molecule has 0 saturated carbocycles. The highest BCUT2D eigenvalue weighted by Crippen LogP contribution is 2.09. The van der Waals surface area contributed by atoms with Gasteiger partial charge in [0.1, 0.15) is 12.6 Å². The van der Waals surface area contributed by atoms with Crippen molar-refractivity contribution in [1.29, 1.82) is 0 Å². The van der Waals surface area contributed by atoms with Gasteiger partial charge in [0.2, 0.25) is 0 Å². The fraction of sp³-hybridized carbons (Fsp3) is 0.318. The summed E-state index contributed by atoms with van der Waals surface area (Å²) in [6, 6.07) is 16.9. The van der Waals surface area contributed by atoms with Crippen molar-refractivity contribution in [3.63, 3.8) is 0 Å². The van der Waals surface area contributed by atoms with Crippen LogP contribution < -0.4 is 10.8 Å². The molecule has 0 spiro atoms. The summed E-state index contributed by atoms with van der Waals surface area (Å²) in [5.74, 6) is -2.13. The van der Waals surface area contributed by atoms with E-state index in [0.717, 1.165) is 11.1 Å². The van der Waals surface area contributed by atoms with Crippen molar-refractivity contribution >= 4 is 18.0 Å². The molecule has 3 N–H and O–H groups in total. The SMILES string of the molecule is CC(C)[C@H](ONC(=O)OCc1ccccc1)C(=O)N[C@@H](Cc1ccccc1)C(=O)O. The van der Waals surface area contributed by atoms with Crippen molar-refractivity contribution < 1.29 is 29.1 Å². The summed E-state index contributed by atoms with van der Waals surface area (Å²) in [4.78, 5) is 41.2. The molecule has 2 rings (SSSR count). The Hall–Kier alpha value is -3.39. The van der Waals surface area contributed by atoms with Crippen LogP contribution in [0.2, 0.25) is 0 Å². The topological polar surface area (TPSA) is 114 Å². The Morgan fingerprint density at radius 3 is 2.03 bits per heavy atom. The van der Waals surface area contributed by atoms with Gasteiger partial charge in [-0.3, -0.25) is 9.63 Å². The molecule has 0 unspecified atom stereocenters. The van der Waals surface area contributed by atoms with E-state index in [1.165, 1.54) is 0 Å². The zero-order valence-corrected chi connectivity index (χ0v) is 16.9. The lowest BCUT2D eigenvalue weighted by Gasteiger charge is -2.23. The van der Waals surface area contributed by atoms with Crippen LogP contribution in [0.3, 0.4) is 0 Å². The second kappa shape index (κ2) is 11.6. The van der Waals surface area contributed by atoms with Crippen molar-refractivity contribution in [2.24, 2.45) is 5.92 Å². The Kier molecular flexibility index (Phi) is 8.83. The molecule has 2 aromatic rings. The second-order valence-electron chi connectivity index (χ2n) is 7.04. The molecule has 2 amide bonds. The quantitative estimate of drug-likeness (QED) is 0.515. The number of carboxylic acids is 1. The van der Waals surface area contributed by atoms with E-state index in [1.54, 1.807) is 50.2 Å². The minimum absolute atomic E-state index is 0.0484. The number of carbonyl (C=O) groups excluding carboxylic acids is 2. The van der Waals surface area contributed by atoms with Crippen LogP contribution in [0.5, 0.6) is 0 Å². The molecule has 30 heavy (non-hydrogen) atoms. The third-order valence-electron chi connectivity index (χ3n) is 4.24. The average molecular weight is 414 g/mol. The van der Waals surface area contributed by atoms with E-state index in [9.17, 15) is 19.5 Å². The van der Waals surface area contributed by atoms with Crippen LogP contribution in [0.4, 0.5) is 4.79 Å². The Morgan fingerprint density at radius 1 is 0.933 bits per heavy atom. The maximum Gasteiger partial charge on any atom is 0.431 e. The number of nitrogens with one attached hydrogen (secondary N) is 2. The van der Waals surface area contributed by atoms with Gasteiger partial charge in [-0.2, -0.15) is 5.48 Å². The molecule has 0 aliphatic rings. The number of carboxylic acid groups (broad SMARTS) is 1. The molecule has 0 heterocycles. The van der Waals surface area contributed by atoms with Gasteiger partial charge >= 0.3 is 12.1 Å². The van der Waals surface area contributed by atoms with Crippen LogP contribution in [0.25, 0.3) is 0 Å². The maximum atomic E-state index is 12.6. The molecular weight excluding hydrogens is 388 g/mol. The average Bonchev–Trinajstić information content (AvgIpc) is 2.73. The normalized spacial score (nSPS) is 12.6. The van der Waals surface area contributed by atoms with Crippen LogP contribution in [-0.4, -0.2) is 35.2 Å². The van der Waals surface area contributed by atoms with E-state index in [-0.39, 0.29) is 18.9 Å². The van der Waals surface area contributed by atoms with Crippen molar-refractivity contribution in [2.75, 3.05) is 0 Å². The number of hydrogen-bond donors (Lipinski definition) is 3. The highest BCUT2D eigenvalue weighted by atomic mass is 16.7. The largest absolute Gasteiger partial charge is 0.480 e. The lowest BCUT2D eigenvalue weighted by Crippen LogP contribution is -2.50. The number of carbonyl (C=O) groups is 3. The molecule has 0 bridgehead atoms. The van der Waals surface area contributed by atoms with Gasteiger partial charge in [0.25, 0.3) is 5.91 Å². The highest BCUT2D eigenvalue weighted by Gasteiger charge is 2.29. The second-order valence-corrected chi connectivity index (χ2v) is 7.04. The first-order chi connectivity index (χ1) is 14.4. The van der Waals surface area contributed by atoms with Gasteiger partial charge in [-0.25, -0.2) is 9.59 Å². The van der Waals surface area contributed by atoms with Gasteiger partial charge in [-0.05, 0) is 17.0 Å². The van der Waals surface area contributed by atoms with E-state index < -0.39 is 30.1 Å². The summed E-state index contributed by atoms with van der Waals surface area (Å²) < 4.78 is 5.04. The van der Waals surface area contributed by atoms with Crippen LogP contribution in [0, 0.1) is 5.92 Å². The van der Waals surface area contributed by atoms with Crippen LogP contribution >= 0.6 is 0 Å². The predicted molar refractivity (Wildman–Crippen MR) is 109 cm³/mol. The summed E-state index contributed by atoms with van der Waals surface area (Å²) in [5.41, 5.74) is 3.67. The minimum atomic E-state index is -1.16. The Bertz CT molecular complexity index is 826. The van der Waals surface area contributed by atoms with Crippen LogP contribution in [0.1, 0.15) is 25.0 Å². The molecule has 0 aliphatic carbocycles. The summed E-state index contributed by atoms with van der Waals surface area (Å²) in [5, 5.41) is 11.9. The molecule has 0 aromatic heterocycles. The first-order valence-electron chi connectivity index (χ1n) is 9.56. The molecule has 0 saturated heterocycles. The molecule has 8 heteroatoms. The summed E-state index contributed by atoms with van der Waals surface area (Å²) in [7, 11) is 0. The number of hydrogen-bond acceptors (Lipinski definition) is 5. The zero-order valence-electron chi connectivity index (χ0n) is 16.9. The fourth-order valence-electron chi connectivity index (χ4n) is 2.66. The molecular formula is C22H26N2O6. The van der Waals surface area contributed by atoms with Gasteiger partial charge in [0.15, 0.2) is 6.10 Å². The maximum absolute atomic E-state index is 12.6. The Balaban J connectivity index is 1.89. The lowest BCUT2D eigenvalue weighted by molar-refractivity contribution is -0.148. The smallest absolute Gasteiger partial charge is 0.431 e. The first kappa shape index (κ1) is 22.9. The van der Waals surface area contributed by atoms with E-state index in [4.69, 9.17) is 9.57 Å². The van der Waals surface area contributed by atoms with Crippen LogP contribution in [0.15, 0.2) is 60.7 Å². The van der Waals surface area contributed by atoms with Crippen molar-refractivity contribution in [2.45, 2.75) is 39.0 Å². The number of ether oxygens (including phenoxy) is 1. The molecule has 2 atom stereocenters. The van der Waals surface area contributed by atoms with E-state index in [1.807, 2.05) is 24.3 Å². The van der Waals surface area contributed by atoms with Crippen LogP contribution in [-0.2, 0) is 32.2 Å². The van der Waals surface area contributed by atoms with Gasteiger partial charge < -0.3 is 15.2 Å². The molecule has 2 aromatic carbocycles. The summed E-state index contributed by atoms with van der Waals surface area (Å²) in [6.45, 7) is 3.48. The third-order valence-corrected chi connectivity index (χ3v) is 4.24.